The lowest BCUT2D eigenvalue weighted by molar-refractivity contribution is -0.0431. The van der Waals surface area contributed by atoms with Gasteiger partial charge in [0.25, 0.3) is 0 Å². The molecule has 2 unspecified atom stereocenters. The van der Waals surface area contributed by atoms with Gasteiger partial charge >= 0.3 is 0 Å². The molecule has 1 aliphatic heterocycles. The van der Waals surface area contributed by atoms with E-state index in [9.17, 15) is 8.42 Å². The summed E-state index contributed by atoms with van der Waals surface area (Å²) < 4.78 is 27.9. The van der Waals surface area contributed by atoms with Crippen molar-refractivity contribution in [2.24, 2.45) is 0 Å². The lowest BCUT2D eigenvalue weighted by Gasteiger charge is -2.31. The van der Waals surface area contributed by atoms with Gasteiger partial charge in [-0.1, -0.05) is 0 Å². The van der Waals surface area contributed by atoms with Gasteiger partial charge in [0, 0.05) is 13.1 Å². The molecule has 0 N–H and O–H groups in total. The first kappa shape index (κ1) is 8.96. The van der Waals surface area contributed by atoms with Gasteiger partial charge in [-0.2, -0.15) is 4.31 Å². The van der Waals surface area contributed by atoms with Crippen molar-refractivity contribution in [2.75, 3.05) is 13.1 Å². The number of hydrogen-bond donors (Lipinski definition) is 1. The van der Waals surface area contributed by atoms with Crippen molar-refractivity contribution in [1.82, 2.24) is 4.31 Å². The molecule has 0 bridgehead atoms. The summed E-state index contributed by atoms with van der Waals surface area (Å²) >= 11 is 0. The van der Waals surface area contributed by atoms with E-state index < -0.39 is 10.9 Å². The van der Waals surface area contributed by atoms with Crippen molar-refractivity contribution >= 4 is 10.9 Å². The van der Waals surface area contributed by atoms with E-state index in [0.717, 1.165) is 0 Å². The van der Waals surface area contributed by atoms with Crippen LogP contribution in [-0.2, 0) is 15.6 Å². The van der Waals surface area contributed by atoms with Crippen LogP contribution in [0.15, 0.2) is 0 Å². The van der Waals surface area contributed by atoms with Crippen LogP contribution in [0.1, 0.15) is 13.8 Å². The van der Waals surface area contributed by atoms with Gasteiger partial charge in [-0.15, -0.1) is 0 Å². The average molecular weight is 179 g/mol. The average Bonchev–Trinajstić information content (AvgIpc) is 1.85. The molecule has 0 aromatic heterocycles. The van der Waals surface area contributed by atoms with E-state index in [1.807, 2.05) is 13.8 Å². The smallest absolute Gasteiger partial charge is 0.204 e. The predicted molar refractivity (Wildman–Crippen MR) is 41.9 cm³/mol. The molecule has 0 spiro atoms. The monoisotopic (exact) mass is 179 g/mol. The number of morpholine rings is 1. The molecule has 0 aliphatic carbocycles. The molecule has 0 amide bonds. The Morgan fingerprint density at radius 1 is 1.27 bits per heavy atom. The second kappa shape index (κ2) is 3.51. The second-order valence-corrected chi connectivity index (χ2v) is 3.91. The van der Waals surface area contributed by atoms with E-state index in [2.05, 4.69) is 0 Å². The van der Waals surface area contributed by atoms with Crippen LogP contribution in [-0.4, -0.2) is 38.0 Å². The third kappa shape index (κ3) is 2.43. The molecule has 66 valence electrons. The molecular weight excluding hydrogens is 166 g/mol. The van der Waals surface area contributed by atoms with Crippen LogP contribution in [0.3, 0.4) is 0 Å². The van der Waals surface area contributed by atoms with Gasteiger partial charge in [0.15, 0.2) is 0 Å². The highest BCUT2D eigenvalue weighted by Crippen LogP contribution is 2.09. The van der Waals surface area contributed by atoms with Gasteiger partial charge in [-0.3, -0.25) is 0 Å². The molecule has 0 saturated carbocycles. The Balaban J connectivity index is 2.56. The third-order valence-electron chi connectivity index (χ3n) is 1.63. The Hall–Kier alpha value is -0.130. The van der Waals surface area contributed by atoms with Gasteiger partial charge in [-0.05, 0) is 13.8 Å². The van der Waals surface area contributed by atoms with E-state index in [-0.39, 0.29) is 12.2 Å². The maximum Gasteiger partial charge on any atom is 0.204 e. The summed E-state index contributed by atoms with van der Waals surface area (Å²) in [7, 11) is -2.42. The first-order valence-electron chi connectivity index (χ1n) is 3.64. The minimum Gasteiger partial charge on any atom is -0.373 e. The second-order valence-electron chi connectivity index (χ2n) is 2.87. The summed E-state index contributed by atoms with van der Waals surface area (Å²) in [5.41, 5.74) is 0. The Morgan fingerprint density at radius 3 is 2.09 bits per heavy atom. The van der Waals surface area contributed by atoms with E-state index in [0.29, 0.717) is 13.1 Å². The maximum absolute atomic E-state index is 10.6. The highest BCUT2D eigenvalue weighted by Gasteiger charge is 2.23. The van der Waals surface area contributed by atoms with Crippen LogP contribution in [0.5, 0.6) is 0 Å². The fourth-order valence-corrected chi connectivity index (χ4v) is 2.01. The van der Waals surface area contributed by atoms with Gasteiger partial charge in [0.1, 0.15) is 0 Å². The summed E-state index contributed by atoms with van der Waals surface area (Å²) in [6.45, 7) is 4.73. The number of ether oxygens (including phenoxy) is 1. The fraction of sp³-hybridized carbons (Fsp3) is 1.00. The van der Waals surface area contributed by atoms with Gasteiger partial charge < -0.3 is 4.74 Å². The van der Waals surface area contributed by atoms with Crippen LogP contribution in [0.2, 0.25) is 0 Å². The zero-order valence-corrected chi connectivity index (χ0v) is 7.58. The molecule has 1 aliphatic rings. The standard InChI is InChI=1S/C6H13NO3S/c1-5-3-7(11(8)9)4-6(2)10-5/h5-6,11H,3-4H2,1-2H3. The lowest BCUT2D eigenvalue weighted by atomic mass is 10.3. The normalized spacial score (nSPS) is 34.5. The number of nitrogens with zero attached hydrogens (tertiary/aromatic N) is 1. The summed E-state index contributed by atoms with van der Waals surface area (Å²) in [5, 5.41) is 0. The van der Waals surface area contributed by atoms with Gasteiger partial charge in [-0.25, -0.2) is 8.42 Å². The SMILES string of the molecule is CC1CN([SH](=O)=O)CC(C)O1. The summed E-state index contributed by atoms with van der Waals surface area (Å²) in [4.78, 5) is 0. The first-order chi connectivity index (χ1) is 5.09. The molecule has 1 rings (SSSR count). The maximum atomic E-state index is 10.6. The predicted octanol–water partition coefficient (Wildman–Crippen LogP) is -0.378. The molecule has 0 radical (unpaired) electrons. The Kier molecular flexibility index (Phi) is 2.86. The quantitative estimate of drug-likeness (QED) is 0.558. The molecule has 0 aromatic rings. The Bertz CT molecular complexity index is 186. The minimum absolute atomic E-state index is 0.0200. The number of thiol groups is 1. The fourth-order valence-electron chi connectivity index (χ4n) is 1.28. The molecule has 5 heteroatoms. The van der Waals surface area contributed by atoms with Crippen LogP contribution < -0.4 is 0 Å². The van der Waals surface area contributed by atoms with E-state index in [1.54, 1.807) is 0 Å². The van der Waals surface area contributed by atoms with Crippen molar-refractivity contribution < 1.29 is 13.2 Å². The van der Waals surface area contributed by atoms with E-state index in [1.165, 1.54) is 4.31 Å². The molecule has 11 heavy (non-hydrogen) atoms. The van der Waals surface area contributed by atoms with E-state index in [4.69, 9.17) is 4.74 Å². The van der Waals surface area contributed by atoms with Gasteiger partial charge in [0.2, 0.25) is 10.9 Å². The number of rotatable bonds is 1. The zero-order chi connectivity index (χ0) is 8.43. The number of hydrogen-bond acceptors (Lipinski definition) is 3. The van der Waals surface area contributed by atoms with E-state index >= 15 is 0 Å². The van der Waals surface area contributed by atoms with Crippen LogP contribution in [0.4, 0.5) is 0 Å². The van der Waals surface area contributed by atoms with Crippen LogP contribution in [0, 0.1) is 0 Å². The zero-order valence-electron chi connectivity index (χ0n) is 6.69. The molecule has 2 atom stereocenters. The largest absolute Gasteiger partial charge is 0.373 e. The molecule has 0 aromatic carbocycles. The van der Waals surface area contributed by atoms with Crippen molar-refractivity contribution in [3.05, 3.63) is 0 Å². The molecule has 1 heterocycles. The highest BCUT2D eigenvalue weighted by atomic mass is 32.2. The third-order valence-corrected chi connectivity index (χ3v) is 2.42. The topological polar surface area (TPSA) is 46.6 Å². The molecule has 4 nitrogen and oxygen atoms in total. The van der Waals surface area contributed by atoms with Crippen molar-refractivity contribution in [2.45, 2.75) is 26.1 Å². The minimum atomic E-state index is -2.42. The lowest BCUT2D eigenvalue weighted by Crippen LogP contribution is -2.44. The first-order valence-corrected chi connectivity index (χ1v) is 4.77. The van der Waals surface area contributed by atoms with Crippen molar-refractivity contribution in [3.63, 3.8) is 0 Å². The van der Waals surface area contributed by atoms with Crippen LogP contribution in [0.25, 0.3) is 0 Å². The molecule has 1 fully saturated rings. The Labute approximate surface area is 68.2 Å². The van der Waals surface area contributed by atoms with Crippen molar-refractivity contribution in [1.29, 1.82) is 0 Å². The summed E-state index contributed by atoms with van der Waals surface area (Å²) in [6, 6.07) is 0. The summed E-state index contributed by atoms with van der Waals surface area (Å²) in [6.07, 6.45) is 0.0401. The molecular formula is C6H13NO3S. The Morgan fingerprint density at radius 2 is 1.73 bits per heavy atom. The van der Waals surface area contributed by atoms with Crippen LogP contribution >= 0.6 is 0 Å². The van der Waals surface area contributed by atoms with Crippen molar-refractivity contribution in [3.8, 4) is 0 Å². The molecule has 1 saturated heterocycles. The van der Waals surface area contributed by atoms with Gasteiger partial charge in [0.05, 0.1) is 12.2 Å². The highest BCUT2D eigenvalue weighted by molar-refractivity contribution is 7.69. The summed E-state index contributed by atoms with van der Waals surface area (Å²) in [5.74, 6) is 0.